The van der Waals surface area contributed by atoms with Crippen molar-refractivity contribution in [3.63, 3.8) is 0 Å². The van der Waals surface area contributed by atoms with E-state index in [2.05, 4.69) is 10.2 Å². The van der Waals surface area contributed by atoms with Gasteiger partial charge in [0.25, 0.3) is 0 Å². The highest BCUT2D eigenvalue weighted by atomic mass is 16.5. The number of amides is 3. The van der Waals surface area contributed by atoms with E-state index >= 15 is 0 Å². The molecule has 3 amide bonds. The van der Waals surface area contributed by atoms with E-state index in [0.717, 1.165) is 0 Å². The first-order valence-corrected chi connectivity index (χ1v) is 12.5. The van der Waals surface area contributed by atoms with Crippen LogP contribution in [0.25, 0.3) is 0 Å². The zero-order chi connectivity index (χ0) is 26.4. The minimum Gasteiger partial charge on any atom is -0.497 e. The van der Waals surface area contributed by atoms with Gasteiger partial charge in [-0.05, 0) is 32.0 Å². The highest BCUT2D eigenvalue weighted by Gasteiger charge is 2.40. The molecule has 0 aromatic heterocycles. The number of piperazine rings is 1. The summed E-state index contributed by atoms with van der Waals surface area (Å²) < 4.78 is 16.4. The molecule has 1 aromatic carbocycles. The number of methoxy groups -OCH3 is 2. The second-order valence-electron chi connectivity index (χ2n) is 9.07. The lowest BCUT2D eigenvalue weighted by Gasteiger charge is -2.40. The number of urea groups is 1. The molecule has 2 heterocycles. The molecule has 198 valence electrons. The first-order chi connectivity index (χ1) is 17.2. The predicted molar refractivity (Wildman–Crippen MR) is 135 cm³/mol. The number of carbonyl (C=O) groups excluding carboxylic acids is 3. The van der Waals surface area contributed by atoms with Crippen molar-refractivity contribution >= 4 is 17.9 Å². The summed E-state index contributed by atoms with van der Waals surface area (Å²) in [6.07, 6.45) is 0. The van der Waals surface area contributed by atoms with Gasteiger partial charge in [-0.25, -0.2) is 9.59 Å². The van der Waals surface area contributed by atoms with E-state index in [-0.39, 0.29) is 24.5 Å². The van der Waals surface area contributed by atoms with Crippen molar-refractivity contribution in [2.75, 3.05) is 60.1 Å². The Morgan fingerprint density at radius 3 is 2.33 bits per heavy atom. The van der Waals surface area contributed by atoms with Gasteiger partial charge in [-0.3, -0.25) is 14.6 Å². The Labute approximate surface area is 213 Å². The lowest BCUT2D eigenvalue weighted by Crippen LogP contribution is -2.54. The van der Waals surface area contributed by atoms with E-state index in [1.807, 2.05) is 25.7 Å². The summed E-state index contributed by atoms with van der Waals surface area (Å²) >= 11 is 0. The van der Waals surface area contributed by atoms with Gasteiger partial charge >= 0.3 is 12.0 Å². The van der Waals surface area contributed by atoms with Crippen molar-refractivity contribution < 1.29 is 28.6 Å². The van der Waals surface area contributed by atoms with Crippen LogP contribution in [0.2, 0.25) is 0 Å². The van der Waals surface area contributed by atoms with Crippen molar-refractivity contribution in [3.8, 4) is 11.5 Å². The number of ether oxygens (including phenoxy) is 3. The molecule has 10 heteroatoms. The van der Waals surface area contributed by atoms with Gasteiger partial charge < -0.3 is 24.4 Å². The smallest absolute Gasteiger partial charge is 0.338 e. The Morgan fingerprint density at radius 2 is 1.78 bits per heavy atom. The van der Waals surface area contributed by atoms with Crippen LogP contribution < -0.4 is 14.8 Å². The van der Waals surface area contributed by atoms with Crippen molar-refractivity contribution in [2.24, 2.45) is 5.92 Å². The number of hydrogen-bond donors (Lipinski definition) is 1. The Hall–Kier alpha value is -3.27. The maximum atomic E-state index is 13.4. The molecule has 1 N–H and O–H groups in total. The fourth-order valence-electron chi connectivity index (χ4n) is 4.66. The highest BCUT2D eigenvalue weighted by molar-refractivity contribution is 5.95. The number of esters is 1. The van der Waals surface area contributed by atoms with Crippen LogP contribution in [0.5, 0.6) is 11.5 Å². The minimum absolute atomic E-state index is 0.0501. The molecule has 2 aliphatic rings. The summed E-state index contributed by atoms with van der Waals surface area (Å²) in [5.74, 6) is 0.695. The summed E-state index contributed by atoms with van der Waals surface area (Å²) in [5.41, 5.74) is 1.57. The van der Waals surface area contributed by atoms with Crippen molar-refractivity contribution in [3.05, 3.63) is 35.0 Å². The molecular formula is C26H38N4O6. The van der Waals surface area contributed by atoms with Crippen LogP contribution in [0.15, 0.2) is 29.5 Å². The molecule has 1 fully saturated rings. The van der Waals surface area contributed by atoms with Gasteiger partial charge in [0.15, 0.2) is 0 Å². The first kappa shape index (κ1) is 27.3. The summed E-state index contributed by atoms with van der Waals surface area (Å²) in [5, 5.41) is 2.97. The van der Waals surface area contributed by atoms with Crippen molar-refractivity contribution in [1.29, 1.82) is 0 Å². The summed E-state index contributed by atoms with van der Waals surface area (Å²) in [4.78, 5) is 44.7. The molecule has 2 aliphatic heterocycles. The van der Waals surface area contributed by atoms with Crippen LogP contribution in [0.1, 0.15) is 39.3 Å². The average Bonchev–Trinajstić information content (AvgIpc) is 2.88. The third-order valence-corrected chi connectivity index (χ3v) is 6.55. The molecule has 1 atom stereocenters. The molecule has 1 aromatic rings. The van der Waals surface area contributed by atoms with Crippen LogP contribution >= 0.6 is 0 Å². The van der Waals surface area contributed by atoms with Crippen LogP contribution in [-0.2, 0) is 14.3 Å². The Kier molecular flexibility index (Phi) is 9.19. The van der Waals surface area contributed by atoms with E-state index in [1.54, 1.807) is 44.2 Å². The number of nitrogens with zero attached hydrogens (tertiary/aromatic N) is 3. The van der Waals surface area contributed by atoms with Gasteiger partial charge in [0.05, 0.1) is 32.4 Å². The standard InChI is InChI=1S/C26H38N4O6/c1-7-30-20(16-28-11-13-29(14-12-28)24(31)17(3)4)22(25(32)36-8-2)23(27-26(30)33)19-15-18(34-5)9-10-21(19)35-6/h9-10,15,17,23H,7-8,11-14,16H2,1-6H3,(H,27,33). The largest absolute Gasteiger partial charge is 0.497 e. The first-order valence-electron chi connectivity index (χ1n) is 12.5. The monoisotopic (exact) mass is 502 g/mol. The zero-order valence-corrected chi connectivity index (χ0v) is 22.1. The number of hydrogen-bond acceptors (Lipinski definition) is 7. The second-order valence-corrected chi connectivity index (χ2v) is 9.07. The normalized spacial score (nSPS) is 18.9. The minimum atomic E-state index is -0.775. The fraction of sp³-hybridized carbons (Fsp3) is 0.577. The Morgan fingerprint density at radius 1 is 1.08 bits per heavy atom. The molecule has 0 aliphatic carbocycles. The topological polar surface area (TPSA) is 101 Å². The van der Waals surface area contributed by atoms with E-state index in [1.165, 1.54) is 0 Å². The number of nitrogens with one attached hydrogen (secondary N) is 1. The third-order valence-electron chi connectivity index (χ3n) is 6.55. The van der Waals surface area contributed by atoms with Gasteiger partial charge in [0.1, 0.15) is 11.5 Å². The Bertz CT molecular complexity index is 1000. The molecule has 1 unspecified atom stereocenters. The maximum absolute atomic E-state index is 13.4. The molecule has 0 saturated carbocycles. The van der Waals surface area contributed by atoms with Crippen LogP contribution in [0.4, 0.5) is 4.79 Å². The van der Waals surface area contributed by atoms with E-state index in [9.17, 15) is 14.4 Å². The molecule has 3 rings (SSSR count). The van der Waals surface area contributed by atoms with Gasteiger partial charge in [-0.1, -0.05) is 13.8 Å². The molecule has 10 nitrogen and oxygen atoms in total. The number of rotatable bonds is 9. The SMILES string of the molecule is CCOC(=O)C1=C(CN2CCN(C(=O)C(C)C)CC2)N(CC)C(=O)NC1c1cc(OC)ccc1OC. The maximum Gasteiger partial charge on any atom is 0.338 e. The molecule has 1 saturated heterocycles. The van der Waals surface area contributed by atoms with E-state index < -0.39 is 12.0 Å². The van der Waals surface area contributed by atoms with Crippen LogP contribution in [0.3, 0.4) is 0 Å². The number of benzene rings is 1. The van der Waals surface area contributed by atoms with Crippen LogP contribution in [0, 0.1) is 5.92 Å². The van der Waals surface area contributed by atoms with E-state index in [0.29, 0.717) is 67.6 Å². The summed E-state index contributed by atoms with van der Waals surface area (Å²) in [6.45, 7) is 10.9. The Balaban J connectivity index is 2.03. The summed E-state index contributed by atoms with van der Waals surface area (Å²) in [6, 6.07) is 4.20. The molecule has 36 heavy (non-hydrogen) atoms. The number of likely N-dealkylation sites (N-methyl/N-ethyl adjacent to an activating group) is 1. The lowest BCUT2D eigenvalue weighted by atomic mass is 9.93. The lowest BCUT2D eigenvalue weighted by molar-refractivity contribution is -0.139. The fourth-order valence-corrected chi connectivity index (χ4v) is 4.66. The average molecular weight is 503 g/mol. The van der Waals surface area contributed by atoms with Gasteiger partial charge in [-0.2, -0.15) is 0 Å². The summed E-state index contributed by atoms with van der Waals surface area (Å²) in [7, 11) is 3.10. The number of carbonyl (C=O) groups is 3. The van der Waals surface area contributed by atoms with Crippen molar-refractivity contribution in [1.82, 2.24) is 20.0 Å². The highest BCUT2D eigenvalue weighted by Crippen LogP contribution is 2.38. The third kappa shape index (κ3) is 5.75. The van der Waals surface area contributed by atoms with Crippen molar-refractivity contribution in [2.45, 2.75) is 33.7 Å². The van der Waals surface area contributed by atoms with Gasteiger partial charge in [-0.15, -0.1) is 0 Å². The molecule has 0 bridgehead atoms. The predicted octanol–water partition coefficient (Wildman–Crippen LogP) is 2.41. The quantitative estimate of drug-likeness (QED) is 0.518. The van der Waals surface area contributed by atoms with Gasteiger partial charge in [0, 0.05) is 56.4 Å². The molecule has 0 radical (unpaired) electrons. The molecular weight excluding hydrogens is 464 g/mol. The van der Waals surface area contributed by atoms with Crippen LogP contribution in [-0.4, -0.2) is 92.7 Å². The van der Waals surface area contributed by atoms with Gasteiger partial charge in [0.2, 0.25) is 5.91 Å². The molecule has 0 spiro atoms. The zero-order valence-electron chi connectivity index (χ0n) is 22.1. The van der Waals surface area contributed by atoms with E-state index in [4.69, 9.17) is 14.2 Å². The second kappa shape index (κ2) is 12.1.